The van der Waals surface area contributed by atoms with E-state index < -0.39 is 0 Å². The fourth-order valence-corrected chi connectivity index (χ4v) is 2.28. The third kappa shape index (κ3) is 2.21. The second kappa shape index (κ2) is 5.05. The van der Waals surface area contributed by atoms with Crippen LogP contribution in [0.2, 0.25) is 0 Å². The van der Waals surface area contributed by atoms with E-state index >= 15 is 0 Å². The lowest BCUT2D eigenvalue weighted by molar-refractivity contribution is 0.532. The number of hydrogen-bond donors (Lipinski definition) is 1. The Bertz CT molecular complexity index is 776. The van der Waals surface area contributed by atoms with E-state index in [1.807, 2.05) is 24.3 Å². The quantitative estimate of drug-likeness (QED) is 0.776. The molecule has 20 heavy (non-hydrogen) atoms. The molecule has 100 valence electrons. The molecule has 2 aromatic heterocycles. The summed E-state index contributed by atoms with van der Waals surface area (Å²) in [7, 11) is 0. The summed E-state index contributed by atoms with van der Waals surface area (Å²) in [4.78, 5) is 4.51. The summed E-state index contributed by atoms with van der Waals surface area (Å²) in [5.74, 6) is 0.786. The third-order valence-electron chi connectivity index (χ3n) is 3.18. The van der Waals surface area contributed by atoms with Gasteiger partial charge in [-0.25, -0.2) is 4.98 Å². The molecule has 0 aliphatic rings. The molecule has 0 aliphatic carbocycles. The van der Waals surface area contributed by atoms with Crippen molar-refractivity contribution in [2.45, 2.75) is 19.5 Å². The van der Waals surface area contributed by atoms with Crippen molar-refractivity contribution in [3.63, 3.8) is 0 Å². The molecule has 0 saturated heterocycles. The van der Waals surface area contributed by atoms with Gasteiger partial charge in [-0.1, -0.05) is 12.1 Å². The number of benzene rings is 1. The minimum absolute atomic E-state index is 0.302. The van der Waals surface area contributed by atoms with Crippen LogP contribution in [0.15, 0.2) is 36.7 Å². The smallest absolute Gasteiger partial charge is 0.124 e. The highest BCUT2D eigenvalue weighted by molar-refractivity contribution is 5.75. The van der Waals surface area contributed by atoms with Gasteiger partial charge in [0.05, 0.1) is 42.0 Å². The summed E-state index contributed by atoms with van der Waals surface area (Å²) >= 11 is 0. The molecule has 1 aromatic carbocycles. The molecule has 0 bridgehead atoms. The van der Waals surface area contributed by atoms with Crippen LogP contribution in [0.25, 0.3) is 11.0 Å². The van der Waals surface area contributed by atoms with Gasteiger partial charge in [0.15, 0.2) is 0 Å². The molecular formula is C14H14N6. The van der Waals surface area contributed by atoms with E-state index in [9.17, 15) is 0 Å². The second-order valence-corrected chi connectivity index (χ2v) is 4.54. The number of nitriles is 1. The summed E-state index contributed by atoms with van der Waals surface area (Å²) in [5, 5.41) is 13.1. The minimum atomic E-state index is 0.302. The van der Waals surface area contributed by atoms with Crippen LogP contribution in [0.4, 0.5) is 5.69 Å². The number of nitrogens with two attached hydrogens (primary N) is 1. The average Bonchev–Trinajstić information content (AvgIpc) is 3.00. The predicted molar refractivity (Wildman–Crippen MR) is 75.7 cm³/mol. The lowest BCUT2D eigenvalue weighted by Crippen LogP contribution is -2.10. The van der Waals surface area contributed by atoms with Crippen LogP contribution in [0.5, 0.6) is 0 Å². The molecule has 3 rings (SSSR count). The van der Waals surface area contributed by atoms with E-state index in [4.69, 9.17) is 11.0 Å². The lowest BCUT2D eigenvalue weighted by Gasteiger charge is -2.07. The van der Waals surface area contributed by atoms with Crippen LogP contribution in [0.3, 0.4) is 0 Å². The average molecular weight is 266 g/mol. The predicted octanol–water partition coefficient (Wildman–Crippen LogP) is 1.58. The van der Waals surface area contributed by atoms with E-state index in [2.05, 4.69) is 20.7 Å². The molecular weight excluding hydrogens is 252 g/mol. The Morgan fingerprint density at radius 2 is 2.10 bits per heavy atom. The molecule has 6 heteroatoms. The molecule has 0 saturated carbocycles. The first-order chi connectivity index (χ1) is 9.78. The van der Waals surface area contributed by atoms with Crippen molar-refractivity contribution in [1.29, 1.82) is 5.26 Å². The zero-order chi connectivity index (χ0) is 13.9. The summed E-state index contributed by atoms with van der Waals surface area (Å²) in [6, 6.07) is 10.1. The Morgan fingerprint density at radius 3 is 2.85 bits per heavy atom. The summed E-state index contributed by atoms with van der Waals surface area (Å²) < 4.78 is 3.86. The summed E-state index contributed by atoms with van der Waals surface area (Å²) in [6.45, 7) is 1.40. The Labute approximate surface area is 116 Å². The van der Waals surface area contributed by atoms with Gasteiger partial charge in [-0.3, -0.25) is 4.68 Å². The normalized spacial score (nSPS) is 10.8. The minimum Gasteiger partial charge on any atom is -0.396 e. The highest BCUT2D eigenvalue weighted by Gasteiger charge is 2.09. The van der Waals surface area contributed by atoms with E-state index in [1.165, 1.54) is 0 Å². The number of para-hydroxylation sites is 2. The first-order valence-electron chi connectivity index (χ1n) is 6.37. The lowest BCUT2D eigenvalue weighted by atomic mass is 10.3. The van der Waals surface area contributed by atoms with Gasteiger partial charge in [-0.05, 0) is 12.1 Å². The monoisotopic (exact) mass is 266 g/mol. The van der Waals surface area contributed by atoms with Gasteiger partial charge in [-0.15, -0.1) is 0 Å². The molecule has 0 aliphatic heterocycles. The Kier molecular flexibility index (Phi) is 3.09. The molecule has 2 N–H and O–H groups in total. The van der Waals surface area contributed by atoms with Crippen molar-refractivity contribution in [3.8, 4) is 6.07 Å². The maximum Gasteiger partial charge on any atom is 0.124 e. The summed E-state index contributed by atoms with van der Waals surface area (Å²) in [5.41, 5.74) is 8.26. The van der Waals surface area contributed by atoms with Gasteiger partial charge in [0, 0.05) is 12.7 Å². The first kappa shape index (κ1) is 12.2. The van der Waals surface area contributed by atoms with Gasteiger partial charge in [0.1, 0.15) is 5.82 Å². The number of fused-ring (bicyclic) bond motifs is 1. The molecule has 0 fully saturated rings. The molecule has 6 nitrogen and oxygen atoms in total. The Hall–Kier alpha value is -2.81. The number of aromatic nitrogens is 4. The van der Waals surface area contributed by atoms with Crippen molar-refractivity contribution in [1.82, 2.24) is 19.3 Å². The van der Waals surface area contributed by atoms with E-state index in [1.54, 1.807) is 17.1 Å². The fourth-order valence-electron chi connectivity index (χ4n) is 2.28. The van der Waals surface area contributed by atoms with Crippen molar-refractivity contribution < 1.29 is 0 Å². The van der Waals surface area contributed by atoms with Gasteiger partial charge >= 0.3 is 0 Å². The van der Waals surface area contributed by atoms with Crippen LogP contribution in [0.1, 0.15) is 5.82 Å². The molecule has 0 atom stereocenters. The number of hydrogen-bond acceptors (Lipinski definition) is 4. The SMILES string of the molecule is N#CCc1nc2ccccc2n1CCn1cc(N)cn1. The van der Waals surface area contributed by atoms with Gasteiger partial charge in [0.2, 0.25) is 0 Å². The number of nitrogen functional groups attached to an aromatic ring is 1. The van der Waals surface area contributed by atoms with Crippen molar-refractivity contribution in [3.05, 3.63) is 42.5 Å². The Morgan fingerprint density at radius 1 is 1.25 bits per heavy atom. The number of nitrogens with zero attached hydrogens (tertiary/aromatic N) is 5. The number of aryl methyl sites for hydroxylation is 2. The van der Waals surface area contributed by atoms with Gasteiger partial charge < -0.3 is 10.3 Å². The Balaban J connectivity index is 1.92. The summed E-state index contributed by atoms with van der Waals surface area (Å²) in [6.07, 6.45) is 3.72. The highest BCUT2D eigenvalue weighted by atomic mass is 15.3. The largest absolute Gasteiger partial charge is 0.396 e. The van der Waals surface area contributed by atoms with Crippen LogP contribution >= 0.6 is 0 Å². The molecule has 0 amide bonds. The maximum atomic E-state index is 8.92. The zero-order valence-corrected chi connectivity index (χ0v) is 10.9. The first-order valence-corrected chi connectivity index (χ1v) is 6.37. The molecule has 0 radical (unpaired) electrons. The van der Waals surface area contributed by atoms with Gasteiger partial charge in [0.25, 0.3) is 0 Å². The maximum absolute atomic E-state index is 8.92. The standard InChI is InChI=1S/C14H14N6/c15-6-5-14-18-12-3-1-2-4-13(12)20(14)8-7-19-10-11(16)9-17-19/h1-4,9-10H,5,7-8,16H2. The van der Waals surface area contributed by atoms with E-state index in [0.717, 1.165) is 16.9 Å². The van der Waals surface area contributed by atoms with Crippen LogP contribution in [0, 0.1) is 11.3 Å². The van der Waals surface area contributed by atoms with Crippen molar-refractivity contribution in [2.75, 3.05) is 5.73 Å². The number of anilines is 1. The topological polar surface area (TPSA) is 85.5 Å². The number of rotatable bonds is 4. The number of imidazole rings is 1. The molecule has 0 unspecified atom stereocenters. The van der Waals surface area contributed by atoms with Crippen LogP contribution in [-0.4, -0.2) is 19.3 Å². The highest BCUT2D eigenvalue weighted by Crippen LogP contribution is 2.16. The molecule has 2 heterocycles. The zero-order valence-electron chi connectivity index (χ0n) is 10.9. The second-order valence-electron chi connectivity index (χ2n) is 4.54. The van der Waals surface area contributed by atoms with E-state index in [-0.39, 0.29) is 0 Å². The molecule has 0 spiro atoms. The van der Waals surface area contributed by atoms with Crippen LogP contribution < -0.4 is 5.73 Å². The third-order valence-corrected chi connectivity index (χ3v) is 3.18. The van der Waals surface area contributed by atoms with Crippen LogP contribution in [-0.2, 0) is 19.5 Å². The fraction of sp³-hybridized carbons (Fsp3) is 0.214. The molecule has 3 aromatic rings. The van der Waals surface area contributed by atoms with Crippen molar-refractivity contribution in [2.24, 2.45) is 0 Å². The van der Waals surface area contributed by atoms with Gasteiger partial charge in [-0.2, -0.15) is 10.4 Å². The van der Waals surface area contributed by atoms with Crippen molar-refractivity contribution >= 4 is 16.7 Å². The van der Waals surface area contributed by atoms with E-state index in [0.29, 0.717) is 25.2 Å².